The average Bonchev–Trinajstić information content (AvgIpc) is 2.39. The van der Waals surface area contributed by atoms with Crippen molar-refractivity contribution in [2.75, 3.05) is 0 Å². The van der Waals surface area contributed by atoms with Crippen LogP contribution in [0.1, 0.15) is 5.69 Å². The number of nitrogens with zero attached hydrogens (tertiary/aromatic N) is 1. The molecule has 0 aromatic carbocycles. The molecule has 0 bridgehead atoms. The zero-order chi connectivity index (χ0) is 8.27. The van der Waals surface area contributed by atoms with E-state index in [0.717, 1.165) is 5.69 Å². The van der Waals surface area contributed by atoms with Crippen LogP contribution >= 0.6 is 11.3 Å². The third kappa shape index (κ3) is 2.28. The lowest BCUT2D eigenvalue weighted by Gasteiger charge is -2.05. The third-order valence-electron chi connectivity index (χ3n) is 1.27. The van der Waals surface area contributed by atoms with E-state index in [0.29, 0.717) is 6.42 Å². The molecule has 1 heterocycles. The number of hydrogen-bond donors (Lipinski definition) is 1. The molecule has 1 aromatic rings. The summed E-state index contributed by atoms with van der Waals surface area (Å²) in [5, 5.41) is 12.0. The molecule has 11 heavy (non-hydrogen) atoms. The van der Waals surface area contributed by atoms with Crippen LogP contribution in [0.2, 0.25) is 0 Å². The van der Waals surface area contributed by atoms with Crippen molar-refractivity contribution in [2.45, 2.75) is 12.5 Å². The zero-order valence-corrected chi connectivity index (χ0v) is 6.63. The van der Waals surface area contributed by atoms with Crippen molar-refractivity contribution in [3.8, 4) is 0 Å². The van der Waals surface area contributed by atoms with Crippen molar-refractivity contribution in [3.05, 3.63) is 16.6 Å². The Morgan fingerprint density at radius 3 is 3.09 bits per heavy atom. The lowest BCUT2D eigenvalue weighted by molar-refractivity contribution is -0.437. The monoisotopic (exact) mass is 172 g/mol. The van der Waals surface area contributed by atoms with Gasteiger partial charge in [-0.15, -0.1) is 11.3 Å². The SMILES string of the molecule is [NH3+][C@H](Cc1cscn1)C(=O)[O-]. The molecule has 60 valence electrons. The predicted octanol–water partition coefficient (Wildman–Crippen LogP) is -1.95. The van der Waals surface area contributed by atoms with E-state index in [-0.39, 0.29) is 0 Å². The van der Waals surface area contributed by atoms with Gasteiger partial charge in [-0.1, -0.05) is 0 Å². The van der Waals surface area contributed by atoms with Gasteiger partial charge in [0.25, 0.3) is 0 Å². The molecule has 1 rings (SSSR count). The van der Waals surface area contributed by atoms with E-state index in [1.807, 2.05) is 0 Å². The fourth-order valence-corrected chi connectivity index (χ4v) is 1.25. The van der Waals surface area contributed by atoms with Gasteiger partial charge in [0.2, 0.25) is 0 Å². The Bertz CT molecular complexity index is 235. The van der Waals surface area contributed by atoms with Gasteiger partial charge in [-0.05, 0) is 0 Å². The molecule has 0 radical (unpaired) electrons. The Hall–Kier alpha value is -0.940. The summed E-state index contributed by atoms with van der Waals surface area (Å²) in [7, 11) is 0. The van der Waals surface area contributed by atoms with E-state index in [1.54, 1.807) is 10.9 Å². The first-order valence-corrected chi connectivity index (χ1v) is 4.05. The van der Waals surface area contributed by atoms with Crippen LogP contribution in [-0.4, -0.2) is 17.0 Å². The first-order valence-electron chi connectivity index (χ1n) is 3.11. The van der Waals surface area contributed by atoms with Gasteiger partial charge in [0.15, 0.2) is 0 Å². The van der Waals surface area contributed by atoms with Crippen LogP contribution in [-0.2, 0) is 11.2 Å². The summed E-state index contributed by atoms with van der Waals surface area (Å²) in [4.78, 5) is 14.2. The first-order chi connectivity index (χ1) is 5.20. The molecule has 0 unspecified atom stereocenters. The predicted molar refractivity (Wildman–Crippen MR) is 37.5 cm³/mol. The van der Waals surface area contributed by atoms with E-state index in [1.165, 1.54) is 11.3 Å². The molecular weight excluding hydrogens is 164 g/mol. The van der Waals surface area contributed by atoms with Gasteiger partial charge in [-0.25, -0.2) is 4.98 Å². The fourth-order valence-electron chi connectivity index (χ4n) is 0.674. The molecule has 3 N–H and O–H groups in total. The van der Waals surface area contributed by atoms with E-state index in [2.05, 4.69) is 10.7 Å². The highest BCUT2D eigenvalue weighted by Crippen LogP contribution is 2.01. The maximum absolute atomic E-state index is 10.2. The second kappa shape index (κ2) is 3.45. The molecule has 0 saturated heterocycles. The maximum Gasteiger partial charge on any atom is 0.130 e. The largest absolute Gasteiger partial charge is 0.544 e. The van der Waals surface area contributed by atoms with E-state index in [9.17, 15) is 9.90 Å². The molecule has 5 heteroatoms. The smallest absolute Gasteiger partial charge is 0.130 e. The standard InChI is InChI=1S/C6H8N2O2S/c7-5(6(9)10)1-4-2-11-3-8-4/h2-3,5H,1,7H2,(H,9,10)/t5-/m1/s1. The highest BCUT2D eigenvalue weighted by atomic mass is 32.1. The van der Waals surface area contributed by atoms with E-state index < -0.39 is 12.0 Å². The summed E-state index contributed by atoms with van der Waals surface area (Å²) in [5.74, 6) is -1.13. The number of carboxylic acids is 1. The van der Waals surface area contributed by atoms with Gasteiger partial charge in [0, 0.05) is 11.8 Å². The quantitative estimate of drug-likeness (QED) is 0.575. The number of aromatic nitrogens is 1. The van der Waals surface area contributed by atoms with Crippen molar-refractivity contribution >= 4 is 17.3 Å². The molecule has 0 aliphatic rings. The van der Waals surface area contributed by atoms with Gasteiger partial charge in [0.1, 0.15) is 6.04 Å². The average molecular weight is 172 g/mol. The normalized spacial score (nSPS) is 12.8. The molecule has 0 amide bonds. The minimum absolute atomic E-state index is 0.353. The second-order valence-corrected chi connectivity index (χ2v) is 2.92. The van der Waals surface area contributed by atoms with Crippen LogP contribution in [0.3, 0.4) is 0 Å². The second-order valence-electron chi connectivity index (χ2n) is 2.20. The minimum Gasteiger partial charge on any atom is -0.544 e. The number of thiazole rings is 1. The van der Waals surface area contributed by atoms with E-state index in [4.69, 9.17) is 0 Å². The van der Waals surface area contributed by atoms with Crippen LogP contribution in [0, 0.1) is 0 Å². The van der Waals surface area contributed by atoms with Gasteiger partial charge in [-0.3, -0.25) is 0 Å². The Balaban J connectivity index is 2.50. The number of carboxylic acid groups (broad SMARTS) is 1. The van der Waals surface area contributed by atoms with Gasteiger partial charge >= 0.3 is 0 Å². The number of rotatable bonds is 3. The van der Waals surface area contributed by atoms with Crippen molar-refractivity contribution in [3.63, 3.8) is 0 Å². The molecule has 0 fully saturated rings. The lowest BCUT2D eigenvalue weighted by atomic mass is 10.2. The number of carbonyl (C=O) groups excluding carboxylic acids is 1. The maximum atomic E-state index is 10.2. The Morgan fingerprint density at radius 1 is 1.91 bits per heavy atom. The highest BCUT2D eigenvalue weighted by Gasteiger charge is 2.08. The van der Waals surface area contributed by atoms with E-state index >= 15 is 0 Å². The van der Waals surface area contributed by atoms with Crippen molar-refractivity contribution in [1.82, 2.24) is 4.98 Å². The molecule has 0 spiro atoms. The highest BCUT2D eigenvalue weighted by molar-refractivity contribution is 7.07. The van der Waals surface area contributed by atoms with Gasteiger partial charge < -0.3 is 15.6 Å². The molecule has 0 aliphatic carbocycles. The van der Waals surface area contributed by atoms with Gasteiger partial charge in [-0.2, -0.15) is 0 Å². The molecule has 1 atom stereocenters. The summed E-state index contributed by atoms with van der Waals surface area (Å²) in [6.45, 7) is 0. The Morgan fingerprint density at radius 2 is 2.64 bits per heavy atom. The minimum atomic E-state index is -1.13. The summed E-state index contributed by atoms with van der Waals surface area (Å²) < 4.78 is 0. The lowest BCUT2D eigenvalue weighted by Crippen LogP contribution is -2.69. The fraction of sp³-hybridized carbons (Fsp3) is 0.333. The molecule has 0 saturated carbocycles. The summed E-state index contributed by atoms with van der Waals surface area (Å²) in [6.07, 6.45) is 0.353. The van der Waals surface area contributed by atoms with Crippen LogP contribution in [0.4, 0.5) is 0 Å². The summed E-state index contributed by atoms with van der Waals surface area (Å²) in [5.41, 5.74) is 5.84. The van der Waals surface area contributed by atoms with Crippen molar-refractivity contribution in [2.24, 2.45) is 0 Å². The number of aliphatic carboxylic acids is 1. The van der Waals surface area contributed by atoms with Crippen molar-refractivity contribution in [1.29, 1.82) is 0 Å². The zero-order valence-electron chi connectivity index (χ0n) is 5.82. The molecule has 4 nitrogen and oxygen atoms in total. The molecular formula is C6H8N2O2S. The van der Waals surface area contributed by atoms with Crippen molar-refractivity contribution < 1.29 is 15.6 Å². The van der Waals surface area contributed by atoms with Crippen LogP contribution < -0.4 is 10.8 Å². The molecule has 0 aliphatic heterocycles. The van der Waals surface area contributed by atoms with Crippen LogP contribution in [0.25, 0.3) is 0 Å². The number of quaternary nitrogens is 1. The topological polar surface area (TPSA) is 80.7 Å². The first kappa shape index (κ1) is 8.16. The van der Waals surface area contributed by atoms with Gasteiger partial charge in [0.05, 0.1) is 17.2 Å². The molecule has 1 aromatic heterocycles. The van der Waals surface area contributed by atoms with Crippen LogP contribution in [0.15, 0.2) is 10.9 Å². The number of hydrogen-bond acceptors (Lipinski definition) is 4. The third-order valence-corrected chi connectivity index (χ3v) is 1.91. The summed E-state index contributed by atoms with van der Waals surface area (Å²) in [6, 6.07) is -0.697. The van der Waals surface area contributed by atoms with Crippen LogP contribution in [0.5, 0.6) is 0 Å². The number of carbonyl (C=O) groups is 1. The Kier molecular flexibility index (Phi) is 2.56. The Labute approximate surface area is 67.7 Å². The summed E-state index contributed by atoms with van der Waals surface area (Å²) >= 11 is 1.44.